The van der Waals surface area contributed by atoms with E-state index in [-0.39, 0.29) is 5.56 Å². The van der Waals surface area contributed by atoms with Gasteiger partial charge in [-0.3, -0.25) is 9.20 Å². The summed E-state index contributed by atoms with van der Waals surface area (Å²) in [5, 5.41) is 9.37. The van der Waals surface area contributed by atoms with Crippen molar-refractivity contribution in [2.75, 3.05) is 0 Å². The second-order valence-corrected chi connectivity index (χ2v) is 7.49. The van der Waals surface area contributed by atoms with E-state index in [1.54, 1.807) is 30.5 Å². The monoisotopic (exact) mass is 427 g/mol. The fourth-order valence-corrected chi connectivity index (χ4v) is 3.37. The van der Waals surface area contributed by atoms with E-state index in [2.05, 4.69) is 11.1 Å². The molecule has 0 bridgehead atoms. The number of hydrogen-bond acceptors (Lipinski definition) is 4. The zero-order valence-electron chi connectivity index (χ0n) is 16.7. The van der Waals surface area contributed by atoms with Gasteiger partial charge >= 0.3 is 0 Å². The topological polar surface area (TPSA) is 67.4 Å². The molecule has 0 unspecified atom stereocenters. The summed E-state index contributed by atoms with van der Waals surface area (Å²) in [5.41, 5.74) is 4.06. The largest absolute Gasteiger partial charge is 0.489 e. The van der Waals surface area contributed by atoms with E-state index >= 15 is 0 Å². The lowest BCUT2D eigenvalue weighted by Crippen LogP contribution is -2.15. The maximum atomic E-state index is 12.4. The zero-order valence-corrected chi connectivity index (χ0v) is 17.5. The van der Waals surface area contributed by atoms with Gasteiger partial charge in [0.2, 0.25) is 0 Å². The number of ether oxygens (including phenoxy) is 1. The molecular formula is C25H18ClN3O2. The van der Waals surface area contributed by atoms with Crippen LogP contribution in [0.1, 0.15) is 27.9 Å². The van der Waals surface area contributed by atoms with Crippen molar-refractivity contribution in [1.82, 2.24) is 9.38 Å². The quantitative estimate of drug-likeness (QED) is 0.439. The molecule has 0 saturated carbocycles. The van der Waals surface area contributed by atoms with Gasteiger partial charge in [0.05, 0.1) is 22.4 Å². The first kappa shape index (κ1) is 20.4. The Labute approximate surface area is 184 Å². The van der Waals surface area contributed by atoms with Gasteiger partial charge in [-0.05, 0) is 60.0 Å². The van der Waals surface area contributed by atoms with Gasteiger partial charge in [-0.2, -0.15) is 5.26 Å². The molecule has 0 aliphatic heterocycles. The molecule has 0 aliphatic carbocycles. The second-order valence-electron chi connectivity index (χ2n) is 7.08. The molecule has 0 radical (unpaired) electrons. The Balaban J connectivity index is 1.56. The van der Waals surface area contributed by atoms with E-state index in [1.165, 1.54) is 10.5 Å². The number of aromatic nitrogens is 2. The third kappa shape index (κ3) is 4.82. The van der Waals surface area contributed by atoms with Gasteiger partial charge in [0.25, 0.3) is 5.56 Å². The molecule has 0 fully saturated rings. The summed E-state index contributed by atoms with van der Waals surface area (Å²) in [6.07, 6.45) is 3.50. The summed E-state index contributed by atoms with van der Waals surface area (Å²) >= 11 is 6.48. The predicted octanol–water partition coefficient (Wildman–Crippen LogP) is 5.19. The highest BCUT2D eigenvalue weighted by Gasteiger charge is 2.07. The Kier molecular flexibility index (Phi) is 5.83. The Morgan fingerprint density at radius 2 is 2.00 bits per heavy atom. The number of aryl methyl sites for hydroxylation is 1. The summed E-state index contributed by atoms with van der Waals surface area (Å²) in [5.74, 6) is 0.669. The SMILES string of the molecule is Cc1ccc2nc(C(Cl)=Cc3cccc(OCc4cccc(C#N)c4)c3)cc(=O)n2c1. The standard InChI is InChI=1S/C25H18ClN3O2/c1-17-8-9-24-28-23(13-25(30)29(24)15-17)22(26)12-18-4-3-7-21(11-18)31-16-20-6-2-5-19(10-20)14-27/h2-13,15H,16H2,1H3. The summed E-state index contributed by atoms with van der Waals surface area (Å²) < 4.78 is 7.36. The lowest BCUT2D eigenvalue weighted by molar-refractivity contribution is 0.306. The molecule has 6 heteroatoms. The van der Waals surface area contributed by atoms with Gasteiger partial charge in [-0.1, -0.05) is 41.9 Å². The molecule has 2 heterocycles. The van der Waals surface area contributed by atoms with Crippen LogP contribution >= 0.6 is 11.6 Å². The van der Waals surface area contributed by atoms with Crippen molar-refractivity contribution in [3.8, 4) is 11.8 Å². The molecule has 2 aromatic heterocycles. The Bertz CT molecular complexity index is 1400. The maximum absolute atomic E-state index is 12.4. The number of pyridine rings is 1. The first-order chi connectivity index (χ1) is 15.0. The molecule has 0 amide bonds. The molecular weight excluding hydrogens is 410 g/mol. The molecule has 31 heavy (non-hydrogen) atoms. The number of halogens is 1. The van der Waals surface area contributed by atoms with Crippen LogP contribution in [0.4, 0.5) is 0 Å². The van der Waals surface area contributed by atoms with Gasteiger partial charge < -0.3 is 4.74 Å². The molecule has 0 N–H and O–H groups in total. The van der Waals surface area contributed by atoms with E-state index in [0.29, 0.717) is 34.3 Å². The first-order valence-corrected chi connectivity index (χ1v) is 9.99. The maximum Gasteiger partial charge on any atom is 0.258 e. The van der Waals surface area contributed by atoms with Crippen molar-refractivity contribution in [3.63, 3.8) is 0 Å². The lowest BCUT2D eigenvalue weighted by atomic mass is 10.1. The lowest BCUT2D eigenvalue weighted by Gasteiger charge is -2.08. The molecule has 0 saturated heterocycles. The van der Waals surface area contributed by atoms with Crippen LogP contribution in [-0.4, -0.2) is 9.38 Å². The van der Waals surface area contributed by atoms with Gasteiger partial charge in [0, 0.05) is 12.3 Å². The Morgan fingerprint density at radius 1 is 1.16 bits per heavy atom. The van der Waals surface area contributed by atoms with Crippen molar-refractivity contribution in [1.29, 1.82) is 5.26 Å². The van der Waals surface area contributed by atoms with Crippen LogP contribution in [0.25, 0.3) is 16.8 Å². The van der Waals surface area contributed by atoms with Gasteiger partial charge in [-0.25, -0.2) is 4.98 Å². The second kappa shape index (κ2) is 8.86. The number of nitrogens with zero attached hydrogens (tertiary/aromatic N) is 3. The molecule has 0 aliphatic rings. The van der Waals surface area contributed by atoms with Gasteiger partial charge in [0.15, 0.2) is 0 Å². The van der Waals surface area contributed by atoms with E-state index in [4.69, 9.17) is 21.6 Å². The number of rotatable bonds is 5. The van der Waals surface area contributed by atoms with E-state index in [9.17, 15) is 4.79 Å². The van der Waals surface area contributed by atoms with Crippen LogP contribution in [-0.2, 0) is 6.61 Å². The van der Waals surface area contributed by atoms with Crippen LogP contribution < -0.4 is 10.3 Å². The Hall–Kier alpha value is -3.88. The van der Waals surface area contributed by atoms with Crippen molar-refractivity contribution in [3.05, 3.63) is 111 Å². The molecule has 4 aromatic rings. The summed E-state index contributed by atoms with van der Waals surface area (Å²) in [4.78, 5) is 16.9. The van der Waals surface area contributed by atoms with E-state index in [1.807, 2.05) is 49.4 Å². The number of nitriles is 1. The van der Waals surface area contributed by atoms with E-state index < -0.39 is 0 Å². The van der Waals surface area contributed by atoms with Crippen molar-refractivity contribution < 1.29 is 4.74 Å². The summed E-state index contributed by atoms with van der Waals surface area (Å²) in [7, 11) is 0. The number of hydrogen-bond donors (Lipinski definition) is 0. The minimum atomic E-state index is -0.188. The highest BCUT2D eigenvalue weighted by Crippen LogP contribution is 2.23. The molecule has 5 nitrogen and oxygen atoms in total. The molecule has 0 spiro atoms. The highest BCUT2D eigenvalue weighted by atomic mass is 35.5. The Morgan fingerprint density at radius 3 is 2.84 bits per heavy atom. The van der Waals surface area contributed by atoms with Gasteiger partial charge in [-0.15, -0.1) is 0 Å². The molecule has 2 aromatic carbocycles. The smallest absolute Gasteiger partial charge is 0.258 e. The average molecular weight is 428 g/mol. The fourth-order valence-electron chi connectivity index (χ4n) is 3.14. The van der Waals surface area contributed by atoms with Crippen LogP contribution in [0.3, 0.4) is 0 Å². The summed E-state index contributed by atoms with van der Waals surface area (Å²) in [6, 6.07) is 22.0. The van der Waals surface area contributed by atoms with Crippen molar-refractivity contribution in [2.45, 2.75) is 13.5 Å². The van der Waals surface area contributed by atoms with Crippen molar-refractivity contribution in [2.24, 2.45) is 0 Å². The zero-order chi connectivity index (χ0) is 21.8. The first-order valence-electron chi connectivity index (χ1n) is 9.61. The normalized spacial score (nSPS) is 11.3. The number of fused-ring (bicyclic) bond motifs is 1. The van der Waals surface area contributed by atoms with E-state index in [0.717, 1.165) is 16.7 Å². The minimum absolute atomic E-state index is 0.188. The van der Waals surface area contributed by atoms with Crippen LogP contribution in [0.2, 0.25) is 0 Å². The third-order valence-corrected chi connectivity index (χ3v) is 4.97. The highest BCUT2D eigenvalue weighted by molar-refractivity contribution is 6.51. The predicted molar refractivity (Wildman–Crippen MR) is 122 cm³/mol. The molecule has 4 rings (SSSR count). The molecule has 152 valence electrons. The van der Waals surface area contributed by atoms with Crippen LogP contribution in [0.5, 0.6) is 5.75 Å². The molecule has 0 atom stereocenters. The van der Waals surface area contributed by atoms with Gasteiger partial charge in [0.1, 0.15) is 18.0 Å². The fraction of sp³-hybridized carbons (Fsp3) is 0.0800. The average Bonchev–Trinajstić information content (AvgIpc) is 2.78. The third-order valence-electron chi connectivity index (χ3n) is 4.67. The van der Waals surface area contributed by atoms with Crippen LogP contribution in [0.15, 0.2) is 77.7 Å². The van der Waals surface area contributed by atoms with Crippen LogP contribution in [0, 0.1) is 18.3 Å². The van der Waals surface area contributed by atoms with Crippen molar-refractivity contribution >= 4 is 28.4 Å². The minimum Gasteiger partial charge on any atom is -0.489 e. The summed E-state index contributed by atoms with van der Waals surface area (Å²) in [6.45, 7) is 2.26. The number of benzene rings is 2.